The summed E-state index contributed by atoms with van der Waals surface area (Å²) in [6.45, 7) is 5.98. The molecule has 3 rings (SSSR count). The summed E-state index contributed by atoms with van der Waals surface area (Å²) in [5.74, 6) is -0.153. The van der Waals surface area contributed by atoms with Gasteiger partial charge in [-0.05, 0) is 24.1 Å². The van der Waals surface area contributed by atoms with E-state index in [1.165, 1.54) is 12.1 Å². The standard InChI is InChI=1S/C19H27FN4O3/c20-17-3-1-2-16(14-17)4-5-21-19(26)24-8-6-23(7-9-24)18(25)15-22-10-12-27-13-11-22/h1-3,14H,4-13,15H2,(H,21,26). The first-order chi connectivity index (χ1) is 13.1. The highest BCUT2D eigenvalue weighted by Crippen LogP contribution is 2.06. The molecule has 1 aromatic carbocycles. The van der Waals surface area contributed by atoms with Gasteiger partial charge in [0.25, 0.3) is 0 Å². The lowest BCUT2D eigenvalue weighted by atomic mass is 10.1. The number of halogens is 1. The molecule has 2 aliphatic heterocycles. The summed E-state index contributed by atoms with van der Waals surface area (Å²) in [4.78, 5) is 30.3. The van der Waals surface area contributed by atoms with Gasteiger partial charge >= 0.3 is 6.03 Å². The number of hydrogen-bond acceptors (Lipinski definition) is 4. The van der Waals surface area contributed by atoms with Gasteiger partial charge in [0.05, 0.1) is 19.8 Å². The lowest BCUT2D eigenvalue weighted by molar-refractivity contribution is -0.134. The second kappa shape index (κ2) is 9.66. The molecule has 3 amide bonds. The maximum absolute atomic E-state index is 13.2. The quantitative estimate of drug-likeness (QED) is 0.813. The van der Waals surface area contributed by atoms with Crippen LogP contribution in [0.4, 0.5) is 9.18 Å². The first-order valence-electron chi connectivity index (χ1n) is 9.47. The zero-order valence-electron chi connectivity index (χ0n) is 15.5. The molecule has 0 aliphatic carbocycles. The molecule has 27 heavy (non-hydrogen) atoms. The Morgan fingerprint density at radius 3 is 2.44 bits per heavy atom. The molecule has 1 N–H and O–H groups in total. The largest absolute Gasteiger partial charge is 0.379 e. The molecule has 0 saturated carbocycles. The van der Waals surface area contributed by atoms with Crippen molar-refractivity contribution < 1.29 is 18.7 Å². The number of carbonyl (C=O) groups is 2. The third kappa shape index (κ3) is 5.90. The van der Waals surface area contributed by atoms with E-state index in [4.69, 9.17) is 4.74 Å². The molecule has 0 aromatic heterocycles. The van der Waals surface area contributed by atoms with Crippen LogP contribution in [0.3, 0.4) is 0 Å². The summed E-state index contributed by atoms with van der Waals surface area (Å²) in [6.07, 6.45) is 0.585. The Labute approximate surface area is 159 Å². The molecular weight excluding hydrogens is 351 g/mol. The third-order valence-corrected chi connectivity index (χ3v) is 4.96. The molecule has 0 spiro atoms. The number of carbonyl (C=O) groups excluding carboxylic acids is 2. The van der Waals surface area contributed by atoms with Crippen molar-refractivity contribution in [3.63, 3.8) is 0 Å². The molecule has 0 unspecified atom stereocenters. The lowest BCUT2D eigenvalue weighted by Crippen LogP contribution is -2.55. The second-order valence-corrected chi connectivity index (χ2v) is 6.87. The van der Waals surface area contributed by atoms with Gasteiger partial charge in [0.15, 0.2) is 0 Å². The highest BCUT2D eigenvalue weighted by Gasteiger charge is 2.25. The zero-order valence-corrected chi connectivity index (χ0v) is 15.5. The summed E-state index contributed by atoms with van der Waals surface area (Å²) >= 11 is 0. The number of piperazine rings is 1. The average Bonchev–Trinajstić information content (AvgIpc) is 2.69. The smallest absolute Gasteiger partial charge is 0.317 e. The molecule has 0 radical (unpaired) electrons. The van der Waals surface area contributed by atoms with Crippen molar-refractivity contribution in [3.8, 4) is 0 Å². The van der Waals surface area contributed by atoms with Crippen molar-refractivity contribution in [1.29, 1.82) is 0 Å². The summed E-state index contributed by atoms with van der Waals surface area (Å²) < 4.78 is 18.5. The fourth-order valence-corrected chi connectivity index (χ4v) is 3.33. The van der Waals surface area contributed by atoms with E-state index in [0.717, 1.165) is 18.7 Å². The monoisotopic (exact) mass is 378 g/mol. The van der Waals surface area contributed by atoms with Crippen LogP contribution in [0, 0.1) is 5.82 Å². The Morgan fingerprint density at radius 1 is 1.04 bits per heavy atom. The van der Waals surface area contributed by atoms with Gasteiger partial charge in [0, 0.05) is 45.8 Å². The van der Waals surface area contributed by atoms with Crippen LogP contribution in [0.2, 0.25) is 0 Å². The van der Waals surface area contributed by atoms with E-state index in [2.05, 4.69) is 10.2 Å². The first kappa shape index (κ1) is 19.6. The molecular formula is C19H27FN4O3. The van der Waals surface area contributed by atoms with E-state index in [1.54, 1.807) is 11.0 Å². The number of hydrogen-bond donors (Lipinski definition) is 1. The number of benzene rings is 1. The normalized spacial score (nSPS) is 18.4. The number of nitrogens with one attached hydrogen (secondary N) is 1. The van der Waals surface area contributed by atoms with E-state index in [0.29, 0.717) is 58.9 Å². The molecule has 148 valence electrons. The summed E-state index contributed by atoms with van der Waals surface area (Å²) in [5.41, 5.74) is 0.855. The summed E-state index contributed by atoms with van der Waals surface area (Å²) in [6, 6.07) is 6.26. The minimum Gasteiger partial charge on any atom is -0.379 e. The first-order valence-corrected chi connectivity index (χ1v) is 9.47. The third-order valence-electron chi connectivity index (χ3n) is 4.96. The molecule has 7 nitrogen and oxygen atoms in total. The SMILES string of the molecule is O=C(CN1CCOCC1)N1CCN(C(=O)NCCc2cccc(F)c2)CC1. The molecule has 2 aliphatic rings. The van der Waals surface area contributed by atoms with Crippen LogP contribution in [0.1, 0.15) is 5.56 Å². The fourth-order valence-electron chi connectivity index (χ4n) is 3.33. The van der Waals surface area contributed by atoms with E-state index in [9.17, 15) is 14.0 Å². The van der Waals surface area contributed by atoms with Gasteiger partial charge in [-0.3, -0.25) is 9.69 Å². The maximum Gasteiger partial charge on any atom is 0.317 e. The number of rotatable bonds is 5. The zero-order chi connectivity index (χ0) is 19.1. The van der Waals surface area contributed by atoms with Gasteiger partial charge in [-0.1, -0.05) is 12.1 Å². The van der Waals surface area contributed by atoms with E-state index >= 15 is 0 Å². The predicted octanol–water partition coefficient (Wildman–Crippen LogP) is 0.554. The summed E-state index contributed by atoms with van der Waals surface area (Å²) in [7, 11) is 0. The van der Waals surface area contributed by atoms with Gasteiger partial charge in [0.1, 0.15) is 5.82 Å². The van der Waals surface area contributed by atoms with Crippen LogP contribution in [0.5, 0.6) is 0 Å². The van der Waals surface area contributed by atoms with Crippen LogP contribution in [-0.4, -0.2) is 92.2 Å². The van der Waals surface area contributed by atoms with Crippen LogP contribution in [0.25, 0.3) is 0 Å². The topological polar surface area (TPSA) is 65.1 Å². The number of urea groups is 1. The molecule has 1 aromatic rings. The number of amides is 3. The van der Waals surface area contributed by atoms with Crippen LogP contribution in [-0.2, 0) is 16.0 Å². The van der Waals surface area contributed by atoms with Crippen molar-refractivity contribution in [3.05, 3.63) is 35.6 Å². The van der Waals surface area contributed by atoms with E-state index < -0.39 is 0 Å². The lowest BCUT2D eigenvalue weighted by Gasteiger charge is -2.36. The van der Waals surface area contributed by atoms with Crippen LogP contribution in [0.15, 0.2) is 24.3 Å². The maximum atomic E-state index is 13.2. The van der Waals surface area contributed by atoms with Crippen molar-refractivity contribution >= 4 is 11.9 Å². The Morgan fingerprint density at radius 2 is 1.74 bits per heavy atom. The molecule has 2 heterocycles. The Bertz CT molecular complexity index is 644. The van der Waals surface area contributed by atoms with Crippen molar-refractivity contribution in [2.24, 2.45) is 0 Å². The minimum atomic E-state index is -0.267. The van der Waals surface area contributed by atoms with E-state index in [-0.39, 0.29) is 17.8 Å². The molecule has 0 atom stereocenters. The van der Waals surface area contributed by atoms with Gasteiger partial charge in [0.2, 0.25) is 5.91 Å². The van der Waals surface area contributed by atoms with Crippen LogP contribution < -0.4 is 5.32 Å². The summed E-state index contributed by atoms with van der Waals surface area (Å²) in [5, 5.41) is 2.87. The van der Waals surface area contributed by atoms with Crippen LogP contribution >= 0.6 is 0 Å². The highest BCUT2D eigenvalue weighted by molar-refractivity contribution is 5.79. The molecule has 2 fully saturated rings. The molecule has 8 heteroatoms. The number of nitrogens with zero attached hydrogens (tertiary/aromatic N) is 3. The molecule has 2 saturated heterocycles. The van der Waals surface area contributed by atoms with Crippen molar-refractivity contribution in [2.45, 2.75) is 6.42 Å². The van der Waals surface area contributed by atoms with E-state index in [1.807, 2.05) is 11.0 Å². The Kier molecular flexibility index (Phi) is 7.00. The Hall–Kier alpha value is -2.19. The predicted molar refractivity (Wildman–Crippen MR) is 98.9 cm³/mol. The fraction of sp³-hybridized carbons (Fsp3) is 0.579. The number of morpholine rings is 1. The molecule has 0 bridgehead atoms. The highest BCUT2D eigenvalue weighted by atomic mass is 19.1. The Balaban J connectivity index is 1.35. The van der Waals surface area contributed by atoms with Gasteiger partial charge in [-0.25, -0.2) is 9.18 Å². The number of ether oxygens (including phenoxy) is 1. The van der Waals surface area contributed by atoms with Gasteiger partial charge < -0.3 is 19.9 Å². The minimum absolute atomic E-state index is 0.114. The van der Waals surface area contributed by atoms with Crippen molar-refractivity contribution in [2.75, 3.05) is 65.6 Å². The van der Waals surface area contributed by atoms with Gasteiger partial charge in [-0.15, -0.1) is 0 Å². The second-order valence-electron chi connectivity index (χ2n) is 6.87. The van der Waals surface area contributed by atoms with Crippen molar-refractivity contribution in [1.82, 2.24) is 20.0 Å². The van der Waals surface area contributed by atoms with Gasteiger partial charge in [-0.2, -0.15) is 0 Å². The average molecular weight is 378 g/mol.